The molecule has 11 heavy (non-hydrogen) atoms. The van der Waals surface area contributed by atoms with Gasteiger partial charge in [0.15, 0.2) is 5.75 Å². The van der Waals surface area contributed by atoms with Crippen LogP contribution in [-0.2, 0) is 0 Å². The number of rotatable bonds is 0. The Bertz CT molecular complexity index is 273. The average molecular weight is 340 g/mol. The molecule has 54 valence electrons. The van der Waals surface area contributed by atoms with Gasteiger partial charge in [-0.3, -0.25) is 0 Å². The van der Waals surface area contributed by atoms with Crippen LogP contribution in [0.1, 0.15) is 5.56 Å². The number of nitrogens with one attached hydrogen (secondary N) is 1. The zero-order valence-corrected chi connectivity index (χ0v) is 9.76. The average Bonchev–Trinajstić information content (AvgIpc) is 2.05. The van der Waals surface area contributed by atoms with Gasteiger partial charge in [0.05, 0.1) is 0 Å². The molecule has 0 unspecified atom stereocenters. The number of fused-ring (bicyclic) bond motifs is 1. The Kier molecular flexibility index (Phi) is 2.93. The molecule has 0 saturated carbocycles. The Morgan fingerprint density at radius 2 is 2.00 bits per heavy atom. The molecule has 0 aliphatic carbocycles. The zero-order chi connectivity index (χ0) is 6.81. The van der Waals surface area contributed by atoms with E-state index in [-0.39, 0.29) is 27.3 Å². The van der Waals surface area contributed by atoms with Gasteiger partial charge in [-0.05, 0) is 12.1 Å². The maximum atomic E-state index is 5.09. The molecule has 1 aromatic carbocycles. The second kappa shape index (κ2) is 3.75. The quantitative estimate of drug-likeness (QED) is 0.716. The number of hydrogen-bond acceptors (Lipinski definition) is 2. The summed E-state index contributed by atoms with van der Waals surface area (Å²) in [5.41, 5.74) is 3.77. The molecular formula is C8H7NOPb. The van der Waals surface area contributed by atoms with Crippen molar-refractivity contribution in [3.63, 3.8) is 0 Å². The van der Waals surface area contributed by atoms with Crippen molar-refractivity contribution in [3.8, 4) is 5.75 Å². The van der Waals surface area contributed by atoms with Gasteiger partial charge in [0.25, 0.3) is 0 Å². The maximum absolute atomic E-state index is 5.09. The van der Waals surface area contributed by atoms with Crippen molar-refractivity contribution in [2.24, 2.45) is 0 Å². The van der Waals surface area contributed by atoms with Crippen molar-refractivity contribution in [1.82, 2.24) is 5.48 Å². The molecule has 0 aromatic heterocycles. The van der Waals surface area contributed by atoms with E-state index in [2.05, 4.69) is 5.48 Å². The van der Waals surface area contributed by atoms with Crippen molar-refractivity contribution in [2.75, 3.05) is 0 Å². The fourth-order valence-electron chi connectivity index (χ4n) is 0.932. The molecule has 0 fully saturated rings. The topological polar surface area (TPSA) is 21.3 Å². The van der Waals surface area contributed by atoms with E-state index in [1.807, 2.05) is 30.3 Å². The molecule has 1 heterocycles. The molecule has 0 amide bonds. The van der Waals surface area contributed by atoms with Crippen molar-refractivity contribution in [2.45, 2.75) is 0 Å². The van der Waals surface area contributed by atoms with Crippen LogP contribution in [0.25, 0.3) is 6.08 Å². The fourth-order valence-corrected chi connectivity index (χ4v) is 0.932. The largest absolute Gasteiger partial charge is 0.382 e. The first kappa shape index (κ1) is 8.58. The number of hydrogen-bond donors (Lipinski definition) is 1. The minimum absolute atomic E-state index is 0. The zero-order valence-electron chi connectivity index (χ0n) is 5.87. The summed E-state index contributed by atoms with van der Waals surface area (Å²) in [7, 11) is 0. The Balaban J connectivity index is 0.000000605. The summed E-state index contributed by atoms with van der Waals surface area (Å²) in [5, 5.41) is 0. The molecule has 2 rings (SSSR count). The summed E-state index contributed by atoms with van der Waals surface area (Å²) in [6.45, 7) is 0. The molecule has 1 aliphatic heterocycles. The van der Waals surface area contributed by atoms with Crippen LogP contribution in [0.4, 0.5) is 0 Å². The van der Waals surface area contributed by atoms with Gasteiger partial charge in [-0.25, -0.2) is 5.48 Å². The van der Waals surface area contributed by atoms with Crippen LogP contribution < -0.4 is 10.3 Å². The Morgan fingerprint density at radius 1 is 1.18 bits per heavy atom. The Hall–Kier alpha value is -0.518. The number of benzene rings is 1. The summed E-state index contributed by atoms with van der Waals surface area (Å²) in [6.07, 6.45) is 3.74. The van der Waals surface area contributed by atoms with Gasteiger partial charge in [-0.2, -0.15) is 0 Å². The maximum Gasteiger partial charge on any atom is 0.162 e. The standard InChI is InChI=1S/C8H7NO.Pb/c1-2-4-8-7(3-1)5-6-9-10-8;/h1-6,9H;. The van der Waals surface area contributed by atoms with Crippen molar-refractivity contribution in [3.05, 3.63) is 36.0 Å². The summed E-state index contributed by atoms with van der Waals surface area (Å²) in [4.78, 5) is 5.09. The SMILES string of the molecule is C1=Cc2ccccc2ON1.[Pb]. The van der Waals surface area contributed by atoms with E-state index in [1.165, 1.54) is 0 Å². The summed E-state index contributed by atoms with van der Waals surface area (Å²) in [5.74, 6) is 0.880. The summed E-state index contributed by atoms with van der Waals surface area (Å²) in [6, 6.07) is 7.86. The van der Waals surface area contributed by atoms with E-state index in [4.69, 9.17) is 4.84 Å². The van der Waals surface area contributed by atoms with E-state index < -0.39 is 0 Å². The van der Waals surface area contributed by atoms with E-state index in [1.54, 1.807) is 6.20 Å². The summed E-state index contributed by atoms with van der Waals surface area (Å²) < 4.78 is 0. The predicted molar refractivity (Wildman–Crippen MR) is 45.0 cm³/mol. The van der Waals surface area contributed by atoms with Gasteiger partial charge >= 0.3 is 0 Å². The fraction of sp³-hybridized carbons (Fsp3) is 0. The van der Waals surface area contributed by atoms with Crippen molar-refractivity contribution in [1.29, 1.82) is 0 Å². The number of hydroxylamine groups is 1. The minimum atomic E-state index is 0. The Labute approximate surface area is 85.4 Å². The third kappa shape index (κ3) is 1.74. The van der Waals surface area contributed by atoms with E-state index in [0.717, 1.165) is 11.3 Å². The molecule has 0 spiro atoms. The van der Waals surface area contributed by atoms with Crippen LogP contribution in [-0.4, -0.2) is 27.3 Å². The smallest absolute Gasteiger partial charge is 0.162 e. The second-order valence-corrected chi connectivity index (χ2v) is 2.09. The van der Waals surface area contributed by atoms with Gasteiger partial charge in [0, 0.05) is 39.1 Å². The molecule has 1 N–H and O–H groups in total. The molecule has 2 nitrogen and oxygen atoms in total. The third-order valence-corrected chi connectivity index (χ3v) is 1.42. The first-order valence-corrected chi connectivity index (χ1v) is 3.15. The molecule has 1 aliphatic rings. The third-order valence-electron chi connectivity index (χ3n) is 1.42. The minimum Gasteiger partial charge on any atom is -0.382 e. The molecule has 0 bridgehead atoms. The normalized spacial score (nSPS) is 12.0. The van der Waals surface area contributed by atoms with E-state index >= 15 is 0 Å². The van der Waals surface area contributed by atoms with Gasteiger partial charge < -0.3 is 4.84 Å². The summed E-state index contributed by atoms with van der Waals surface area (Å²) >= 11 is 0. The predicted octanol–water partition coefficient (Wildman–Crippen LogP) is 1.17. The van der Waals surface area contributed by atoms with Crippen molar-refractivity contribution >= 4 is 33.4 Å². The first-order chi connectivity index (χ1) is 4.97. The molecule has 0 saturated heterocycles. The van der Waals surface area contributed by atoms with Crippen LogP contribution in [0.15, 0.2) is 30.5 Å². The van der Waals surface area contributed by atoms with Crippen molar-refractivity contribution < 1.29 is 4.84 Å². The molecule has 0 atom stereocenters. The van der Waals surface area contributed by atoms with Gasteiger partial charge in [0.2, 0.25) is 0 Å². The molecule has 3 heteroatoms. The Morgan fingerprint density at radius 3 is 2.82 bits per heavy atom. The van der Waals surface area contributed by atoms with Crippen LogP contribution >= 0.6 is 0 Å². The van der Waals surface area contributed by atoms with Gasteiger partial charge in [-0.15, -0.1) is 0 Å². The van der Waals surface area contributed by atoms with E-state index in [0.29, 0.717) is 0 Å². The van der Waals surface area contributed by atoms with Gasteiger partial charge in [-0.1, -0.05) is 18.2 Å². The first-order valence-electron chi connectivity index (χ1n) is 3.15. The van der Waals surface area contributed by atoms with Gasteiger partial charge in [0.1, 0.15) is 0 Å². The van der Waals surface area contributed by atoms with Crippen LogP contribution in [0.2, 0.25) is 0 Å². The second-order valence-electron chi connectivity index (χ2n) is 2.09. The molecular weight excluding hydrogens is 333 g/mol. The van der Waals surface area contributed by atoms with E-state index in [9.17, 15) is 0 Å². The monoisotopic (exact) mass is 341 g/mol. The van der Waals surface area contributed by atoms with Crippen LogP contribution in [0.3, 0.4) is 0 Å². The molecule has 1 aromatic rings. The van der Waals surface area contributed by atoms with Crippen LogP contribution in [0, 0.1) is 0 Å². The molecule has 4 radical (unpaired) electrons. The van der Waals surface area contributed by atoms with Crippen LogP contribution in [0.5, 0.6) is 5.75 Å². The number of para-hydroxylation sites is 1.